The Labute approximate surface area is 116 Å². The number of ether oxygens (including phenoxy) is 2. The Morgan fingerprint density at radius 2 is 1.74 bits per heavy atom. The molecule has 2 rings (SSSR count). The molecule has 0 saturated heterocycles. The Morgan fingerprint density at radius 1 is 1.05 bits per heavy atom. The van der Waals surface area contributed by atoms with E-state index in [2.05, 4.69) is 45.1 Å². The van der Waals surface area contributed by atoms with Gasteiger partial charge in [-0.2, -0.15) is 0 Å². The maximum atomic E-state index is 5.63. The quantitative estimate of drug-likeness (QED) is 0.883. The average molecular weight is 263 g/mol. The van der Waals surface area contributed by atoms with Crippen LogP contribution in [-0.2, 0) is 0 Å². The number of nitrogens with one attached hydrogen (secondary N) is 1. The van der Waals surface area contributed by atoms with Crippen LogP contribution in [0.3, 0.4) is 0 Å². The van der Waals surface area contributed by atoms with Crippen LogP contribution in [0.5, 0.6) is 11.5 Å². The summed E-state index contributed by atoms with van der Waals surface area (Å²) in [6, 6.07) is 6.54. The monoisotopic (exact) mass is 263 g/mol. The molecule has 0 saturated carbocycles. The van der Waals surface area contributed by atoms with Gasteiger partial charge in [-0.05, 0) is 43.0 Å². The summed E-state index contributed by atoms with van der Waals surface area (Å²) in [6.45, 7) is 11.3. The minimum absolute atomic E-state index is 0.331. The molecule has 19 heavy (non-hydrogen) atoms. The highest BCUT2D eigenvalue weighted by Gasteiger charge is 2.15. The van der Waals surface area contributed by atoms with Gasteiger partial charge >= 0.3 is 0 Å². The number of hydrogen-bond acceptors (Lipinski definition) is 3. The predicted molar refractivity (Wildman–Crippen MR) is 77.9 cm³/mol. The van der Waals surface area contributed by atoms with Crippen molar-refractivity contribution in [3.8, 4) is 11.5 Å². The van der Waals surface area contributed by atoms with Crippen molar-refractivity contribution in [2.75, 3.05) is 19.8 Å². The smallest absolute Gasteiger partial charge is 0.161 e. The van der Waals surface area contributed by atoms with Crippen molar-refractivity contribution >= 4 is 0 Å². The lowest BCUT2D eigenvalue weighted by Gasteiger charge is -2.23. The highest BCUT2D eigenvalue weighted by atomic mass is 16.6. The van der Waals surface area contributed by atoms with Crippen molar-refractivity contribution in [3.05, 3.63) is 23.8 Å². The van der Waals surface area contributed by atoms with E-state index in [0.717, 1.165) is 18.0 Å². The Balaban J connectivity index is 1.97. The van der Waals surface area contributed by atoms with Crippen LogP contribution in [0, 0.1) is 11.8 Å². The van der Waals surface area contributed by atoms with E-state index in [9.17, 15) is 0 Å². The number of fused-ring (bicyclic) bond motifs is 1. The van der Waals surface area contributed by atoms with Crippen molar-refractivity contribution in [2.45, 2.75) is 33.7 Å². The molecule has 1 aliphatic rings. The van der Waals surface area contributed by atoms with E-state index in [-0.39, 0.29) is 0 Å². The molecule has 3 heteroatoms. The van der Waals surface area contributed by atoms with Crippen LogP contribution in [0.1, 0.15) is 39.3 Å². The molecule has 2 atom stereocenters. The summed E-state index contributed by atoms with van der Waals surface area (Å²) in [6.07, 6.45) is 0. The zero-order valence-corrected chi connectivity index (χ0v) is 12.4. The fraction of sp³-hybridized carbons (Fsp3) is 0.625. The standard InChI is InChI=1S/C16H25NO2/c1-11(2)12(3)10-17-13(4)14-5-6-15-16(9-14)19-8-7-18-15/h5-6,9,11-13,17H,7-8,10H2,1-4H3. The minimum Gasteiger partial charge on any atom is -0.486 e. The first-order valence-electron chi connectivity index (χ1n) is 7.21. The lowest BCUT2D eigenvalue weighted by atomic mass is 9.97. The SMILES string of the molecule is CC(NCC(C)C(C)C)c1ccc2c(c1)OCCO2. The summed E-state index contributed by atoms with van der Waals surface area (Å²) in [5.74, 6) is 3.12. The van der Waals surface area contributed by atoms with Crippen LogP contribution in [-0.4, -0.2) is 19.8 Å². The molecule has 1 aromatic rings. The van der Waals surface area contributed by atoms with Crippen molar-refractivity contribution in [2.24, 2.45) is 11.8 Å². The summed E-state index contributed by atoms with van der Waals surface area (Å²) < 4.78 is 11.2. The average Bonchev–Trinajstić information content (AvgIpc) is 2.43. The summed E-state index contributed by atoms with van der Waals surface area (Å²) in [7, 11) is 0. The molecule has 106 valence electrons. The normalized spacial score (nSPS) is 17.3. The summed E-state index contributed by atoms with van der Waals surface area (Å²) in [4.78, 5) is 0. The van der Waals surface area contributed by atoms with Crippen molar-refractivity contribution < 1.29 is 9.47 Å². The van der Waals surface area contributed by atoms with Gasteiger partial charge in [-0.1, -0.05) is 26.8 Å². The first-order chi connectivity index (χ1) is 9.08. The van der Waals surface area contributed by atoms with E-state index in [1.807, 2.05) is 6.07 Å². The molecule has 1 aromatic carbocycles. The predicted octanol–water partition coefficient (Wildman–Crippen LogP) is 3.40. The highest BCUT2D eigenvalue weighted by Crippen LogP contribution is 2.32. The third kappa shape index (κ3) is 3.63. The summed E-state index contributed by atoms with van der Waals surface area (Å²) in [5.41, 5.74) is 1.25. The largest absolute Gasteiger partial charge is 0.486 e. The summed E-state index contributed by atoms with van der Waals surface area (Å²) in [5, 5.41) is 3.59. The van der Waals surface area contributed by atoms with E-state index in [4.69, 9.17) is 9.47 Å². The molecule has 0 bridgehead atoms. The van der Waals surface area contributed by atoms with Gasteiger partial charge in [-0.15, -0.1) is 0 Å². The van der Waals surface area contributed by atoms with Gasteiger partial charge in [-0.25, -0.2) is 0 Å². The Hall–Kier alpha value is -1.22. The van der Waals surface area contributed by atoms with E-state index >= 15 is 0 Å². The molecule has 0 fully saturated rings. The molecule has 1 heterocycles. The van der Waals surface area contributed by atoms with E-state index < -0.39 is 0 Å². The van der Waals surface area contributed by atoms with Gasteiger partial charge in [0, 0.05) is 6.04 Å². The molecule has 0 aliphatic carbocycles. The van der Waals surface area contributed by atoms with Crippen LogP contribution < -0.4 is 14.8 Å². The molecule has 1 aliphatic heterocycles. The molecule has 1 N–H and O–H groups in total. The molecule has 0 amide bonds. The first-order valence-corrected chi connectivity index (χ1v) is 7.21. The van der Waals surface area contributed by atoms with Gasteiger partial charge in [0.15, 0.2) is 11.5 Å². The molecule has 3 nitrogen and oxygen atoms in total. The molecular formula is C16H25NO2. The fourth-order valence-electron chi connectivity index (χ4n) is 2.05. The molecular weight excluding hydrogens is 238 g/mol. The van der Waals surface area contributed by atoms with Crippen LogP contribution in [0.25, 0.3) is 0 Å². The van der Waals surface area contributed by atoms with Crippen molar-refractivity contribution in [1.29, 1.82) is 0 Å². The lowest BCUT2D eigenvalue weighted by molar-refractivity contribution is 0.171. The van der Waals surface area contributed by atoms with Crippen LogP contribution in [0.4, 0.5) is 0 Å². The maximum Gasteiger partial charge on any atom is 0.161 e. The highest BCUT2D eigenvalue weighted by molar-refractivity contribution is 5.44. The second-order valence-corrected chi connectivity index (χ2v) is 5.75. The van der Waals surface area contributed by atoms with Gasteiger partial charge in [0.1, 0.15) is 13.2 Å². The summed E-state index contributed by atoms with van der Waals surface area (Å²) >= 11 is 0. The molecule has 0 radical (unpaired) electrons. The number of hydrogen-bond donors (Lipinski definition) is 1. The van der Waals surface area contributed by atoms with Gasteiger partial charge < -0.3 is 14.8 Å². The van der Waals surface area contributed by atoms with Gasteiger partial charge in [0.25, 0.3) is 0 Å². The van der Waals surface area contributed by atoms with Gasteiger partial charge in [0.2, 0.25) is 0 Å². The van der Waals surface area contributed by atoms with Crippen LogP contribution >= 0.6 is 0 Å². The van der Waals surface area contributed by atoms with Crippen molar-refractivity contribution in [3.63, 3.8) is 0 Å². The Kier molecular flexibility index (Phi) is 4.70. The third-order valence-corrected chi connectivity index (χ3v) is 3.95. The Morgan fingerprint density at radius 3 is 2.42 bits per heavy atom. The van der Waals surface area contributed by atoms with E-state index in [0.29, 0.717) is 31.1 Å². The van der Waals surface area contributed by atoms with Crippen LogP contribution in [0.2, 0.25) is 0 Å². The first kappa shape index (κ1) is 14.2. The fourth-order valence-corrected chi connectivity index (χ4v) is 2.05. The van der Waals surface area contributed by atoms with E-state index in [1.54, 1.807) is 0 Å². The molecule has 2 unspecified atom stereocenters. The maximum absolute atomic E-state index is 5.63. The van der Waals surface area contributed by atoms with Gasteiger partial charge in [-0.3, -0.25) is 0 Å². The third-order valence-electron chi connectivity index (χ3n) is 3.95. The van der Waals surface area contributed by atoms with Crippen LogP contribution in [0.15, 0.2) is 18.2 Å². The second-order valence-electron chi connectivity index (χ2n) is 5.75. The lowest BCUT2D eigenvalue weighted by Crippen LogP contribution is -2.27. The zero-order valence-electron chi connectivity index (χ0n) is 12.4. The topological polar surface area (TPSA) is 30.5 Å². The van der Waals surface area contributed by atoms with Gasteiger partial charge in [0.05, 0.1) is 0 Å². The van der Waals surface area contributed by atoms with Crippen molar-refractivity contribution in [1.82, 2.24) is 5.32 Å². The second kappa shape index (κ2) is 6.29. The molecule has 0 spiro atoms. The Bertz CT molecular complexity index is 417. The van der Waals surface area contributed by atoms with E-state index in [1.165, 1.54) is 5.56 Å². The minimum atomic E-state index is 0.331. The number of benzene rings is 1. The number of rotatable bonds is 5. The molecule has 0 aromatic heterocycles. The zero-order chi connectivity index (χ0) is 13.8.